The highest BCUT2D eigenvalue weighted by Gasteiger charge is 2.24. The van der Waals surface area contributed by atoms with Crippen LogP contribution in [0.4, 0.5) is 5.69 Å². The van der Waals surface area contributed by atoms with Crippen molar-refractivity contribution in [3.05, 3.63) is 77.5 Å². The fourth-order valence-electron chi connectivity index (χ4n) is 4.60. The lowest BCUT2D eigenvalue weighted by Gasteiger charge is -2.26. The molecular formula is C29H33N7O3. The zero-order chi connectivity index (χ0) is 27.5. The predicted molar refractivity (Wildman–Crippen MR) is 148 cm³/mol. The van der Waals surface area contributed by atoms with E-state index in [1.807, 2.05) is 49.6 Å². The summed E-state index contributed by atoms with van der Waals surface area (Å²) in [5.41, 5.74) is 5.49. The van der Waals surface area contributed by atoms with Gasteiger partial charge in [-0.25, -0.2) is 14.5 Å². The van der Waals surface area contributed by atoms with E-state index in [0.29, 0.717) is 37.3 Å². The number of pyridine rings is 1. The molecule has 0 saturated carbocycles. The number of nitrogens with zero attached hydrogens (tertiary/aromatic N) is 7. The monoisotopic (exact) mass is 527 g/mol. The molecule has 39 heavy (non-hydrogen) atoms. The summed E-state index contributed by atoms with van der Waals surface area (Å²) in [5, 5.41) is 9.03. The van der Waals surface area contributed by atoms with Crippen LogP contribution in [0.2, 0.25) is 0 Å². The van der Waals surface area contributed by atoms with Crippen LogP contribution in [0, 0.1) is 13.8 Å². The first-order valence-electron chi connectivity index (χ1n) is 13.0. The summed E-state index contributed by atoms with van der Waals surface area (Å²) in [5.74, 6) is 3.45. The van der Waals surface area contributed by atoms with E-state index in [2.05, 4.69) is 52.1 Å². The number of imidazole rings is 1. The fourth-order valence-corrected chi connectivity index (χ4v) is 4.60. The molecule has 1 aromatic carbocycles. The van der Waals surface area contributed by atoms with Gasteiger partial charge in [-0.2, -0.15) is 10.1 Å². The van der Waals surface area contributed by atoms with Gasteiger partial charge in [0.1, 0.15) is 17.1 Å². The van der Waals surface area contributed by atoms with E-state index >= 15 is 0 Å². The summed E-state index contributed by atoms with van der Waals surface area (Å²) in [4.78, 5) is 16.1. The molecule has 0 N–H and O–H groups in total. The van der Waals surface area contributed by atoms with E-state index in [-0.39, 0.29) is 5.92 Å². The van der Waals surface area contributed by atoms with Gasteiger partial charge >= 0.3 is 0 Å². The lowest BCUT2D eigenvalue weighted by molar-refractivity contribution is 0.328. The highest BCUT2D eigenvalue weighted by molar-refractivity contribution is 5.81. The summed E-state index contributed by atoms with van der Waals surface area (Å²) < 4.78 is 18.7. The highest BCUT2D eigenvalue weighted by atomic mass is 16.5. The molecule has 0 bridgehead atoms. The Kier molecular flexibility index (Phi) is 7.44. The number of aryl methyl sites for hydroxylation is 2. The molecule has 0 unspecified atom stereocenters. The van der Waals surface area contributed by atoms with Crippen LogP contribution < -0.4 is 14.4 Å². The summed E-state index contributed by atoms with van der Waals surface area (Å²) in [7, 11) is 1.67. The van der Waals surface area contributed by atoms with Crippen LogP contribution in [0.5, 0.6) is 11.6 Å². The Hall–Kier alpha value is -4.47. The Morgan fingerprint density at radius 2 is 1.85 bits per heavy atom. The maximum Gasteiger partial charge on any atom is 0.246 e. The largest absolute Gasteiger partial charge is 0.497 e. The number of methoxy groups -OCH3 is 1. The summed E-state index contributed by atoms with van der Waals surface area (Å²) in [6.45, 7) is 11.5. The zero-order valence-electron chi connectivity index (χ0n) is 23.2. The van der Waals surface area contributed by atoms with Crippen molar-refractivity contribution in [2.75, 3.05) is 18.6 Å². The number of hydrogen-bond acceptors (Lipinski definition) is 9. The van der Waals surface area contributed by atoms with Gasteiger partial charge in [-0.3, -0.25) is 0 Å². The topological polar surface area (TPSA) is 104 Å². The minimum Gasteiger partial charge on any atom is -0.497 e. The van der Waals surface area contributed by atoms with E-state index in [0.717, 1.165) is 45.3 Å². The standard InChI is InChI=1S/C29H33N7O3/c1-7-38-29-23(9-8-14-30-29)24-15-25(28-27(18(2)3)32-20(5)36(28)33-24)35(17-26-31-19(4)34-39-26)16-21-10-12-22(37-6)13-11-21/h8-15,18H,7,16-17H2,1-6H3. The third-order valence-electron chi connectivity index (χ3n) is 6.41. The van der Waals surface area contributed by atoms with E-state index in [1.165, 1.54) is 0 Å². The van der Waals surface area contributed by atoms with Crippen LogP contribution in [0.3, 0.4) is 0 Å². The molecule has 5 aromatic rings. The molecule has 0 saturated heterocycles. The molecule has 0 fully saturated rings. The lowest BCUT2D eigenvalue weighted by atomic mass is 10.1. The molecule has 0 spiro atoms. The second-order valence-corrected chi connectivity index (χ2v) is 9.60. The van der Waals surface area contributed by atoms with Gasteiger partial charge < -0.3 is 18.9 Å². The molecule has 0 atom stereocenters. The van der Waals surface area contributed by atoms with Gasteiger partial charge in [0.2, 0.25) is 11.8 Å². The molecule has 0 radical (unpaired) electrons. The van der Waals surface area contributed by atoms with Crippen molar-refractivity contribution in [3.8, 4) is 22.9 Å². The Balaban J connectivity index is 1.73. The quantitative estimate of drug-likeness (QED) is 0.232. The summed E-state index contributed by atoms with van der Waals surface area (Å²) in [6, 6.07) is 14.0. The van der Waals surface area contributed by atoms with Crippen LogP contribution in [0.25, 0.3) is 16.8 Å². The minimum atomic E-state index is 0.186. The molecule has 4 aromatic heterocycles. The van der Waals surface area contributed by atoms with E-state index in [9.17, 15) is 0 Å². The Morgan fingerprint density at radius 1 is 1.05 bits per heavy atom. The SMILES string of the molecule is CCOc1ncccc1-c1cc(N(Cc2ccc(OC)cc2)Cc2nc(C)no2)c2c(C(C)C)nc(C)n2n1. The molecule has 4 heterocycles. The molecule has 10 heteroatoms. The number of aromatic nitrogens is 6. The Morgan fingerprint density at radius 3 is 2.51 bits per heavy atom. The summed E-state index contributed by atoms with van der Waals surface area (Å²) in [6.07, 6.45) is 1.72. The number of fused-ring (bicyclic) bond motifs is 1. The molecule has 0 aliphatic heterocycles. The molecular weight excluding hydrogens is 494 g/mol. The normalized spacial score (nSPS) is 11.4. The molecule has 0 aliphatic carbocycles. The predicted octanol–water partition coefficient (Wildman–Crippen LogP) is 5.53. The van der Waals surface area contributed by atoms with Crippen LogP contribution in [0.1, 0.15) is 55.5 Å². The van der Waals surface area contributed by atoms with Crippen molar-refractivity contribution in [2.45, 2.75) is 53.6 Å². The van der Waals surface area contributed by atoms with Crippen LogP contribution in [0.15, 0.2) is 53.2 Å². The van der Waals surface area contributed by atoms with Crippen molar-refractivity contribution in [3.63, 3.8) is 0 Å². The fraction of sp³-hybridized carbons (Fsp3) is 0.345. The molecule has 5 rings (SSSR count). The van der Waals surface area contributed by atoms with E-state index in [4.69, 9.17) is 24.1 Å². The molecule has 0 amide bonds. The smallest absolute Gasteiger partial charge is 0.246 e. The second-order valence-electron chi connectivity index (χ2n) is 9.60. The first-order valence-corrected chi connectivity index (χ1v) is 13.0. The van der Waals surface area contributed by atoms with Gasteiger partial charge in [-0.15, -0.1) is 0 Å². The number of hydrogen-bond donors (Lipinski definition) is 0. The van der Waals surface area contributed by atoms with Gasteiger partial charge in [0, 0.05) is 12.7 Å². The van der Waals surface area contributed by atoms with Gasteiger partial charge in [0.25, 0.3) is 0 Å². The van der Waals surface area contributed by atoms with Gasteiger partial charge in [-0.1, -0.05) is 31.1 Å². The van der Waals surface area contributed by atoms with Crippen molar-refractivity contribution < 1.29 is 14.0 Å². The second kappa shape index (κ2) is 11.1. The molecule has 0 aliphatic rings. The number of anilines is 1. The average Bonchev–Trinajstić information content (AvgIpc) is 3.51. The average molecular weight is 528 g/mol. The Labute approximate surface area is 227 Å². The minimum absolute atomic E-state index is 0.186. The maximum atomic E-state index is 5.86. The van der Waals surface area contributed by atoms with E-state index in [1.54, 1.807) is 13.3 Å². The number of ether oxygens (including phenoxy) is 2. The highest BCUT2D eigenvalue weighted by Crippen LogP contribution is 2.36. The summed E-state index contributed by atoms with van der Waals surface area (Å²) >= 11 is 0. The Bertz CT molecular complexity index is 1570. The lowest BCUT2D eigenvalue weighted by Crippen LogP contribution is -2.24. The number of rotatable bonds is 10. The van der Waals surface area contributed by atoms with Crippen molar-refractivity contribution in [1.82, 2.24) is 29.7 Å². The first-order chi connectivity index (χ1) is 18.9. The van der Waals surface area contributed by atoms with Gasteiger partial charge in [0.15, 0.2) is 5.82 Å². The van der Waals surface area contributed by atoms with Crippen molar-refractivity contribution in [2.24, 2.45) is 0 Å². The third kappa shape index (κ3) is 5.41. The molecule has 10 nitrogen and oxygen atoms in total. The van der Waals surface area contributed by atoms with Gasteiger partial charge in [0.05, 0.1) is 42.9 Å². The van der Waals surface area contributed by atoms with Gasteiger partial charge in [-0.05, 0) is 62.6 Å². The first kappa shape index (κ1) is 26.1. The molecule has 202 valence electrons. The maximum absolute atomic E-state index is 5.86. The van der Waals surface area contributed by atoms with Crippen LogP contribution >= 0.6 is 0 Å². The van der Waals surface area contributed by atoms with Crippen LogP contribution in [-0.4, -0.2) is 43.4 Å². The number of benzene rings is 1. The van der Waals surface area contributed by atoms with Crippen molar-refractivity contribution in [1.29, 1.82) is 0 Å². The third-order valence-corrected chi connectivity index (χ3v) is 6.41. The van der Waals surface area contributed by atoms with Crippen molar-refractivity contribution >= 4 is 11.2 Å². The van der Waals surface area contributed by atoms with Crippen LogP contribution in [-0.2, 0) is 13.1 Å². The van der Waals surface area contributed by atoms with E-state index < -0.39 is 0 Å². The zero-order valence-corrected chi connectivity index (χ0v) is 23.2.